The number of hydrogen-bond donors (Lipinski definition) is 0. The Kier molecular flexibility index (Phi) is 7.15. The summed E-state index contributed by atoms with van der Waals surface area (Å²) in [5.74, 6) is 0.827. The maximum absolute atomic E-state index is 12.8. The molecule has 6 nitrogen and oxygen atoms in total. The Balaban J connectivity index is 1.55. The first kappa shape index (κ1) is 22.3. The van der Waals surface area contributed by atoms with Crippen LogP contribution in [-0.2, 0) is 16.4 Å². The van der Waals surface area contributed by atoms with Gasteiger partial charge in [0.05, 0.1) is 16.8 Å². The van der Waals surface area contributed by atoms with Gasteiger partial charge in [-0.1, -0.05) is 12.1 Å². The average molecular weight is 431 g/mol. The normalized spacial score (nSPS) is 15.4. The summed E-state index contributed by atoms with van der Waals surface area (Å²) in [5.41, 5.74) is 1.75. The van der Waals surface area contributed by atoms with Crippen LogP contribution >= 0.6 is 0 Å². The number of piperazine rings is 1. The Bertz CT molecular complexity index is 946. The van der Waals surface area contributed by atoms with Crippen molar-refractivity contribution in [2.24, 2.45) is 0 Å². The number of nitrogens with zero attached hydrogens (tertiary/aromatic N) is 2. The van der Waals surface area contributed by atoms with E-state index in [1.807, 2.05) is 24.0 Å². The number of ether oxygens (including phenoxy) is 1. The molecule has 2 aromatic rings. The van der Waals surface area contributed by atoms with E-state index >= 15 is 0 Å². The van der Waals surface area contributed by atoms with E-state index in [1.165, 1.54) is 17.7 Å². The fourth-order valence-electron chi connectivity index (χ4n) is 3.47. The van der Waals surface area contributed by atoms with Crippen LogP contribution in [0.4, 0.5) is 0 Å². The zero-order valence-corrected chi connectivity index (χ0v) is 18.7. The topological polar surface area (TPSA) is 66.9 Å². The molecule has 0 radical (unpaired) electrons. The zero-order chi connectivity index (χ0) is 21.7. The van der Waals surface area contributed by atoms with Gasteiger partial charge in [-0.25, -0.2) is 8.42 Å². The van der Waals surface area contributed by atoms with Crippen molar-refractivity contribution in [2.45, 2.75) is 37.5 Å². The van der Waals surface area contributed by atoms with Gasteiger partial charge < -0.3 is 9.64 Å². The van der Waals surface area contributed by atoms with Gasteiger partial charge in [0.1, 0.15) is 5.75 Å². The van der Waals surface area contributed by atoms with Crippen molar-refractivity contribution in [1.29, 1.82) is 0 Å². The average Bonchev–Trinajstić information content (AvgIpc) is 2.75. The lowest BCUT2D eigenvalue weighted by Gasteiger charge is -2.34. The molecule has 0 bridgehead atoms. The van der Waals surface area contributed by atoms with Crippen molar-refractivity contribution in [3.8, 4) is 5.75 Å². The third-order valence-corrected chi connectivity index (χ3v) is 7.52. The number of sulfone groups is 1. The molecule has 1 aliphatic heterocycles. The Morgan fingerprint density at radius 2 is 1.57 bits per heavy atom. The summed E-state index contributed by atoms with van der Waals surface area (Å²) in [6, 6.07) is 14.4. The molecule has 30 heavy (non-hydrogen) atoms. The summed E-state index contributed by atoms with van der Waals surface area (Å²) < 4.78 is 30.0. The third-order valence-electron chi connectivity index (χ3n) is 5.35. The van der Waals surface area contributed by atoms with E-state index in [4.69, 9.17) is 4.74 Å². The van der Waals surface area contributed by atoms with Crippen LogP contribution in [0.2, 0.25) is 0 Å². The van der Waals surface area contributed by atoms with E-state index in [9.17, 15) is 13.2 Å². The third kappa shape index (κ3) is 5.21. The predicted octanol–water partition coefficient (Wildman–Crippen LogP) is 3.23. The second-order valence-corrected chi connectivity index (χ2v) is 10.3. The highest BCUT2D eigenvalue weighted by atomic mass is 32.2. The summed E-state index contributed by atoms with van der Waals surface area (Å²) in [4.78, 5) is 17.2. The predicted molar refractivity (Wildman–Crippen MR) is 118 cm³/mol. The van der Waals surface area contributed by atoms with E-state index in [0.29, 0.717) is 25.3 Å². The fourth-order valence-corrected chi connectivity index (χ4v) is 4.53. The largest absolute Gasteiger partial charge is 0.494 e. The second kappa shape index (κ2) is 9.62. The molecule has 2 aromatic carbocycles. The number of rotatable bonds is 7. The minimum atomic E-state index is -3.33. The van der Waals surface area contributed by atoms with Crippen molar-refractivity contribution in [3.05, 3.63) is 59.7 Å². The van der Waals surface area contributed by atoms with Crippen LogP contribution in [0.25, 0.3) is 0 Å². The van der Waals surface area contributed by atoms with E-state index in [-0.39, 0.29) is 10.8 Å². The van der Waals surface area contributed by atoms with Gasteiger partial charge in [0.25, 0.3) is 5.91 Å². The molecule has 0 unspecified atom stereocenters. The Labute approximate surface area is 179 Å². The number of benzene rings is 2. The zero-order valence-electron chi connectivity index (χ0n) is 17.9. The highest BCUT2D eigenvalue weighted by molar-refractivity contribution is 7.92. The first-order valence-corrected chi connectivity index (χ1v) is 11.9. The Morgan fingerprint density at radius 3 is 2.10 bits per heavy atom. The van der Waals surface area contributed by atoms with Gasteiger partial charge >= 0.3 is 0 Å². The standard InChI is InChI=1S/C23H30N2O4S/c1-4-29-21-9-5-19(6-10-21)17-24-13-15-25(16-14-24)23(26)20-7-11-22(12-8-20)30(27,28)18(2)3/h5-12,18H,4,13-17H2,1-3H3. The van der Waals surface area contributed by atoms with Crippen LogP contribution < -0.4 is 4.74 Å². The van der Waals surface area contributed by atoms with Crippen molar-refractivity contribution in [1.82, 2.24) is 9.80 Å². The molecule has 0 saturated carbocycles. The van der Waals surface area contributed by atoms with E-state index in [1.54, 1.807) is 26.0 Å². The lowest BCUT2D eigenvalue weighted by molar-refractivity contribution is 0.0628. The Morgan fingerprint density at radius 1 is 0.967 bits per heavy atom. The first-order chi connectivity index (χ1) is 14.3. The number of amides is 1. The lowest BCUT2D eigenvalue weighted by Crippen LogP contribution is -2.48. The fraction of sp³-hybridized carbons (Fsp3) is 0.435. The lowest BCUT2D eigenvalue weighted by atomic mass is 10.1. The van der Waals surface area contributed by atoms with Gasteiger partial charge in [-0.3, -0.25) is 9.69 Å². The minimum Gasteiger partial charge on any atom is -0.494 e. The van der Waals surface area contributed by atoms with Gasteiger partial charge in [0.15, 0.2) is 9.84 Å². The molecule has 0 aliphatic carbocycles. The van der Waals surface area contributed by atoms with E-state index in [2.05, 4.69) is 17.0 Å². The van der Waals surface area contributed by atoms with Crippen LogP contribution in [0.5, 0.6) is 5.75 Å². The monoisotopic (exact) mass is 430 g/mol. The van der Waals surface area contributed by atoms with Crippen LogP contribution in [0, 0.1) is 0 Å². The van der Waals surface area contributed by atoms with Gasteiger partial charge in [-0.15, -0.1) is 0 Å². The summed E-state index contributed by atoms with van der Waals surface area (Å²) in [5, 5.41) is -0.484. The molecule has 1 fully saturated rings. The van der Waals surface area contributed by atoms with E-state index < -0.39 is 15.1 Å². The SMILES string of the molecule is CCOc1ccc(CN2CCN(C(=O)c3ccc(S(=O)(=O)C(C)C)cc3)CC2)cc1. The van der Waals surface area contributed by atoms with Crippen molar-refractivity contribution < 1.29 is 17.9 Å². The minimum absolute atomic E-state index is 0.0517. The van der Waals surface area contributed by atoms with Crippen LogP contribution in [-0.4, -0.2) is 62.2 Å². The molecule has 0 N–H and O–H groups in total. The molecule has 3 rings (SSSR count). The molecule has 1 heterocycles. The number of carbonyl (C=O) groups excluding carboxylic acids is 1. The maximum atomic E-state index is 12.8. The van der Waals surface area contributed by atoms with Gasteiger partial charge in [0.2, 0.25) is 0 Å². The molecule has 7 heteroatoms. The van der Waals surface area contributed by atoms with Gasteiger partial charge in [0, 0.05) is 38.3 Å². The highest BCUT2D eigenvalue weighted by Crippen LogP contribution is 2.19. The number of hydrogen-bond acceptors (Lipinski definition) is 5. The van der Waals surface area contributed by atoms with Crippen molar-refractivity contribution in [3.63, 3.8) is 0 Å². The summed E-state index contributed by atoms with van der Waals surface area (Å²) >= 11 is 0. The molecule has 0 spiro atoms. The van der Waals surface area contributed by atoms with Gasteiger partial charge in [-0.05, 0) is 62.7 Å². The Hall–Kier alpha value is -2.38. The molecular weight excluding hydrogens is 400 g/mol. The molecule has 1 aliphatic rings. The molecular formula is C23H30N2O4S. The second-order valence-electron chi connectivity index (χ2n) is 7.76. The first-order valence-electron chi connectivity index (χ1n) is 10.4. The maximum Gasteiger partial charge on any atom is 0.253 e. The van der Waals surface area contributed by atoms with Crippen LogP contribution in [0.15, 0.2) is 53.4 Å². The van der Waals surface area contributed by atoms with Gasteiger partial charge in [-0.2, -0.15) is 0 Å². The van der Waals surface area contributed by atoms with Crippen molar-refractivity contribution in [2.75, 3.05) is 32.8 Å². The summed E-state index contributed by atoms with van der Waals surface area (Å²) in [7, 11) is -3.33. The smallest absolute Gasteiger partial charge is 0.253 e. The van der Waals surface area contributed by atoms with Crippen molar-refractivity contribution >= 4 is 15.7 Å². The molecule has 0 aromatic heterocycles. The van der Waals surface area contributed by atoms with E-state index in [0.717, 1.165) is 25.4 Å². The number of carbonyl (C=O) groups is 1. The molecule has 0 atom stereocenters. The summed E-state index contributed by atoms with van der Waals surface area (Å²) in [6.45, 7) is 9.70. The highest BCUT2D eigenvalue weighted by Gasteiger charge is 2.23. The molecule has 162 valence electrons. The molecule has 1 amide bonds. The van der Waals surface area contributed by atoms with Crippen LogP contribution in [0.1, 0.15) is 36.7 Å². The molecule has 1 saturated heterocycles. The quantitative estimate of drug-likeness (QED) is 0.675. The summed E-state index contributed by atoms with van der Waals surface area (Å²) in [6.07, 6.45) is 0. The van der Waals surface area contributed by atoms with Crippen LogP contribution in [0.3, 0.4) is 0 Å².